The van der Waals surface area contributed by atoms with Gasteiger partial charge in [0.05, 0.1) is 41.5 Å². The molecule has 8 nitrogen and oxygen atoms in total. The molecule has 10 heteroatoms. The molecule has 3 rings (SSSR count). The first-order valence-corrected chi connectivity index (χ1v) is 9.67. The van der Waals surface area contributed by atoms with Crippen LogP contribution in [0.5, 0.6) is 5.75 Å². The van der Waals surface area contributed by atoms with E-state index in [0.717, 1.165) is 0 Å². The number of methoxy groups -OCH3 is 1. The van der Waals surface area contributed by atoms with E-state index in [1.165, 1.54) is 30.0 Å². The van der Waals surface area contributed by atoms with Crippen LogP contribution in [0.3, 0.4) is 0 Å². The van der Waals surface area contributed by atoms with Crippen LogP contribution in [0.15, 0.2) is 41.7 Å². The lowest BCUT2D eigenvalue weighted by Crippen LogP contribution is -2.14. The summed E-state index contributed by atoms with van der Waals surface area (Å²) < 4.78 is 43.4. The molecule has 0 saturated carbocycles. The Kier molecular flexibility index (Phi) is 6.19. The summed E-state index contributed by atoms with van der Waals surface area (Å²) in [4.78, 5) is 19.9. The molecule has 148 valence electrons. The number of nitrogens with zero attached hydrogens (tertiary/aromatic N) is 3. The van der Waals surface area contributed by atoms with Gasteiger partial charge in [-0.15, -0.1) is 0 Å². The topological polar surface area (TPSA) is 92.5 Å². The molecule has 1 aromatic carbocycles. The van der Waals surface area contributed by atoms with Crippen LogP contribution in [0, 0.1) is 5.82 Å². The van der Waals surface area contributed by atoms with Gasteiger partial charge < -0.3 is 14.2 Å². The maximum Gasteiger partial charge on any atom is 0.510 e. The molecule has 28 heavy (non-hydrogen) atoms. The van der Waals surface area contributed by atoms with Crippen LogP contribution in [0.1, 0.15) is 12.6 Å². The molecule has 0 spiro atoms. The summed E-state index contributed by atoms with van der Waals surface area (Å²) in [5.74, 6) is 0.0407. The maximum absolute atomic E-state index is 14.2. The summed E-state index contributed by atoms with van der Waals surface area (Å²) in [5, 5.41) is 0.0639. The predicted octanol–water partition coefficient (Wildman–Crippen LogP) is 3.02. The molecule has 2 heterocycles. The Bertz CT molecular complexity index is 1020. The summed E-state index contributed by atoms with van der Waals surface area (Å²) >= 11 is 0. The van der Waals surface area contributed by atoms with E-state index in [1.54, 1.807) is 25.1 Å². The number of ether oxygens (including phenoxy) is 3. The van der Waals surface area contributed by atoms with Gasteiger partial charge >= 0.3 is 6.16 Å². The van der Waals surface area contributed by atoms with Crippen molar-refractivity contribution < 1.29 is 27.6 Å². The summed E-state index contributed by atoms with van der Waals surface area (Å²) in [6.07, 6.45) is 0.657. The summed E-state index contributed by atoms with van der Waals surface area (Å²) in [7, 11) is -0.162. The van der Waals surface area contributed by atoms with E-state index in [1.807, 2.05) is 0 Å². The second-order valence-electron chi connectivity index (χ2n) is 5.56. The third kappa shape index (κ3) is 4.28. The average Bonchev–Trinajstić information content (AvgIpc) is 3.07. The largest absolute Gasteiger partial charge is 0.510 e. The number of halogens is 1. The van der Waals surface area contributed by atoms with Crippen molar-refractivity contribution in [2.45, 2.75) is 24.6 Å². The highest BCUT2D eigenvalue weighted by molar-refractivity contribution is 7.84. The fourth-order valence-corrected chi connectivity index (χ4v) is 3.67. The van der Waals surface area contributed by atoms with Crippen LogP contribution in [0.4, 0.5) is 9.18 Å². The van der Waals surface area contributed by atoms with Gasteiger partial charge in [0.15, 0.2) is 12.5 Å². The number of imidazole rings is 1. The number of pyridine rings is 1. The fraction of sp³-hybridized carbons (Fsp3) is 0.278. The van der Waals surface area contributed by atoms with E-state index in [9.17, 15) is 13.4 Å². The first-order valence-electron chi connectivity index (χ1n) is 8.35. The summed E-state index contributed by atoms with van der Waals surface area (Å²) in [6, 6.07) is 7.67. The monoisotopic (exact) mass is 407 g/mol. The number of carbonyl (C=O) groups is 1. The fourth-order valence-electron chi connectivity index (χ4n) is 2.53. The molecule has 0 aliphatic heterocycles. The third-order valence-corrected chi connectivity index (χ3v) is 5.05. The first-order chi connectivity index (χ1) is 13.5. The number of rotatable bonds is 7. The molecular weight excluding hydrogens is 389 g/mol. The van der Waals surface area contributed by atoms with Crippen LogP contribution in [0.25, 0.3) is 11.0 Å². The number of benzene rings is 1. The van der Waals surface area contributed by atoms with E-state index < -0.39 is 22.8 Å². The number of carbonyl (C=O) groups excluding carboxylic acids is 1. The zero-order valence-corrected chi connectivity index (χ0v) is 16.1. The van der Waals surface area contributed by atoms with Gasteiger partial charge in [-0.2, -0.15) is 0 Å². The van der Waals surface area contributed by atoms with Crippen molar-refractivity contribution in [1.82, 2.24) is 14.5 Å². The molecule has 0 N–H and O–H groups in total. The van der Waals surface area contributed by atoms with Crippen LogP contribution in [-0.4, -0.2) is 38.6 Å². The van der Waals surface area contributed by atoms with Crippen molar-refractivity contribution in [1.29, 1.82) is 0 Å². The Labute approximate surface area is 162 Å². The SMILES string of the molecule is CCOC(=O)OCn1c(S(=O)Cc2cc(OC)ccn2)nc2c(F)cccc21. The summed E-state index contributed by atoms with van der Waals surface area (Å²) in [5.41, 5.74) is 0.909. The lowest BCUT2D eigenvalue weighted by Gasteiger charge is -2.10. The van der Waals surface area contributed by atoms with Crippen LogP contribution < -0.4 is 4.74 Å². The van der Waals surface area contributed by atoms with E-state index in [-0.39, 0.29) is 29.8 Å². The molecule has 0 amide bonds. The van der Waals surface area contributed by atoms with Gasteiger partial charge in [-0.25, -0.2) is 14.2 Å². The first kappa shape index (κ1) is 19.7. The normalized spacial score (nSPS) is 12.0. The molecule has 0 aliphatic rings. The molecule has 0 fully saturated rings. The summed E-state index contributed by atoms with van der Waals surface area (Å²) in [6.45, 7) is 1.48. The standard InChI is InChI=1S/C18H18FN3O5S/c1-3-26-18(23)27-11-22-15-6-4-5-14(19)16(15)21-17(22)28(24)10-12-9-13(25-2)7-8-20-12/h4-9H,3,10-11H2,1-2H3. The Morgan fingerprint density at radius 2 is 2.11 bits per heavy atom. The van der Waals surface area contributed by atoms with E-state index >= 15 is 0 Å². The van der Waals surface area contributed by atoms with E-state index in [2.05, 4.69) is 9.97 Å². The van der Waals surface area contributed by atoms with Gasteiger partial charge in [-0.1, -0.05) is 6.07 Å². The minimum absolute atomic E-state index is 0.0293. The smallest absolute Gasteiger partial charge is 0.497 e. The molecule has 0 aliphatic carbocycles. The lowest BCUT2D eigenvalue weighted by molar-refractivity contribution is 0.0358. The maximum atomic E-state index is 14.2. The quantitative estimate of drug-likeness (QED) is 0.556. The van der Waals surface area contributed by atoms with Crippen molar-refractivity contribution in [3.8, 4) is 5.75 Å². The molecule has 2 aromatic heterocycles. The van der Waals surface area contributed by atoms with Crippen LogP contribution >= 0.6 is 0 Å². The van der Waals surface area contributed by atoms with Crippen molar-refractivity contribution in [3.05, 3.63) is 48.0 Å². The minimum Gasteiger partial charge on any atom is -0.497 e. The number of fused-ring (bicyclic) bond motifs is 1. The van der Waals surface area contributed by atoms with Gasteiger partial charge in [-0.3, -0.25) is 13.8 Å². The Morgan fingerprint density at radius 1 is 1.29 bits per heavy atom. The molecule has 0 saturated heterocycles. The van der Waals surface area contributed by atoms with Crippen LogP contribution in [0.2, 0.25) is 0 Å². The molecule has 3 aromatic rings. The molecule has 1 atom stereocenters. The van der Waals surface area contributed by atoms with Gasteiger partial charge in [0.2, 0.25) is 5.16 Å². The third-order valence-electron chi connectivity index (χ3n) is 3.77. The van der Waals surface area contributed by atoms with Gasteiger partial charge in [0, 0.05) is 12.3 Å². The molecule has 1 unspecified atom stereocenters. The Hall–Kier alpha value is -3.01. The van der Waals surface area contributed by atoms with Crippen molar-refractivity contribution >= 4 is 28.0 Å². The Balaban J connectivity index is 1.93. The number of para-hydroxylation sites is 1. The predicted molar refractivity (Wildman–Crippen MR) is 98.7 cm³/mol. The molecule has 0 radical (unpaired) electrons. The van der Waals surface area contributed by atoms with Gasteiger partial charge in [0.25, 0.3) is 0 Å². The number of aromatic nitrogens is 3. The highest BCUT2D eigenvalue weighted by Gasteiger charge is 2.20. The van der Waals surface area contributed by atoms with Crippen LogP contribution in [-0.2, 0) is 32.8 Å². The highest BCUT2D eigenvalue weighted by atomic mass is 32.2. The molecular formula is C18H18FN3O5S. The van der Waals surface area contributed by atoms with Crippen molar-refractivity contribution in [2.75, 3.05) is 13.7 Å². The zero-order chi connectivity index (χ0) is 20.1. The van der Waals surface area contributed by atoms with Gasteiger partial charge in [-0.05, 0) is 25.1 Å². The Morgan fingerprint density at radius 3 is 2.86 bits per heavy atom. The number of hydrogen-bond donors (Lipinski definition) is 0. The van der Waals surface area contributed by atoms with Crippen molar-refractivity contribution in [3.63, 3.8) is 0 Å². The van der Waals surface area contributed by atoms with Gasteiger partial charge in [0.1, 0.15) is 11.3 Å². The second-order valence-corrected chi connectivity index (χ2v) is 6.91. The zero-order valence-electron chi connectivity index (χ0n) is 15.3. The van der Waals surface area contributed by atoms with E-state index in [4.69, 9.17) is 14.2 Å². The van der Waals surface area contributed by atoms with Crippen molar-refractivity contribution in [2.24, 2.45) is 0 Å². The average molecular weight is 407 g/mol. The lowest BCUT2D eigenvalue weighted by atomic mass is 10.3. The molecule has 0 bridgehead atoms. The second kappa shape index (κ2) is 8.79. The highest BCUT2D eigenvalue weighted by Crippen LogP contribution is 2.23. The number of hydrogen-bond acceptors (Lipinski definition) is 7. The van der Waals surface area contributed by atoms with E-state index in [0.29, 0.717) is 17.0 Å². The minimum atomic E-state index is -1.68.